The highest BCUT2D eigenvalue weighted by Crippen LogP contribution is 2.26. The number of amides is 1. The van der Waals surface area contributed by atoms with E-state index in [1.807, 2.05) is 49.4 Å². The van der Waals surface area contributed by atoms with Gasteiger partial charge in [0.25, 0.3) is 11.6 Å². The maximum atomic E-state index is 12.7. The van der Waals surface area contributed by atoms with E-state index in [9.17, 15) is 14.9 Å². The Morgan fingerprint density at radius 1 is 1.10 bits per heavy atom. The highest BCUT2D eigenvalue weighted by atomic mass is 16.6. The van der Waals surface area contributed by atoms with Crippen molar-refractivity contribution in [2.45, 2.75) is 25.9 Å². The van der Waals surface area contributed by atoms with Crippen molar-refractivity contribution in [3.05, 3.63) is 99.9 Å². The molecule has 0 saturated heterocycles. The number of hydrogen-bond acceptors (Lipinski definition) is 5. The number of nitro benzene ring substituents is 1. The summed E-state index contributed by atoms with van der Waals surface area (Å²) in [5.74, 6) is -0.347. The molecule has 0 unspecified atom stereocenters. The van der Waals surface area contributed by atoms with Gasteiger partial charge in [0, 0.05) is 17.8 Å². The fourth-order valence-electron chi connectivity index (χ4n) is 3.01. The minimum absolute atomic E-state index is 0.152. The highest BCUT2D eigenvalue weighted by molar-refractivity contribution is 5.96. The SMILES string of the molecule is CC[C@@H](NC(=O)c1ccc(NCc2ccccn2)c([N+](=O)[O-])c1)c1ccccc1. The number of nitro groups is 1. The van der Waals surface area contributed by atoms with E-state index in [2.05, 4.69) is 15.6 Å². The van der Waals surface area contributed by atoms with Crippen molar-refractivity contribution < 1.29 is 9.72 Å². The van der Waals surface area contributed by atoms with Gasteiger partial charge in [0.2, 0.25) is 0 Å². The zero-order valence-electron chi connectivity index (χ0n) is 16.0. The molecule has 148 valence electrons. The zero-order valence-corrected chi connectivity index (χ0v) is 16.0. The fourth-order valence-corrected chi connectivity index (χ4v) is 3.01. The number of pyridine rings is 1. The van der Waals surface area contributed by atoms with E-state index in [0.717, 1.165) is 11.3 Å². The second-order valence-corrected chi connectivity index (χ2v) is 6.51. The second-order valence-electron chi connectivity index (χ2n) is 6.51. The quantitative estimate of drug-likeness (QED) is 0.436. The number of carbonyl (C=O) groups excluding carboxylic acids is 1. The first-order chi connectivity index (χ1) is 14.1. The van der Waals surface area contributed by atoms with Crippen LogP contribution in [0, 0.1) is 10.1 Å². The Morgan fingerprint density at radius 2 is 1.86 bits per heavy atom. The summed E-state index contributed by atoms with van der Waals surface area (Å²) in [6.45, 7) is 2.32. The lowest BCUT2D eigenvalue weighted by molar-refractivity contribution is -0.384. The van der Waals surface area contributed by atoms with Gasteiger partial charge in [0.15, 0.2) is 0 Å². The van der Waals surface area contributed by atoms with Gasteiger partial charge in [0.1, 0.15) is 5.69 Å². The molecule has 7 heteroatoms. The third-order valence-electron chi connectivity index (χ3n) is 4.56. The van der Waals surface area contributed by atoms with Crippen molar-refractivity contribution >= 4 is 17.3 Å². The maximum absolute atomic E-state index is 12.7. The zero-order chi connectivity index (χ0) is 20.6. The summed E-state index contributed by atoms with van der Waals surface area (Å²) in [6, 6.07) is 19.4. The maximum Gasteiger partial charge on any atom is 0.293 e. The molecular weight excluding hydrogens is 368 g/mol. The summed E-state index contributed by atoms with van der Waals surface area (Å²) in [7, 11) is 0. The number of anilines is 1. The topological polar surface area (TPSA) is 97.2 Å². The summed E-state index contributed by atoms with van der Waals surface area (Å²) >= 11 is 0. The van der Waals surface area contributed by atoms with Crippen LogP contribution in [0.15, 0.2) is 72.9 Å². The van der Waals surface area contributed by atoms with Crippen LogP contribution in [0.25, 0.3) is 0 Å². The van der Waals surface area contributed by atoms with Crippen LogP contribution in [-0.4, -0.2) is 15.8 Å². The normalized spacial score (nSPS) is 11.5. The molecule has 1 aromatic heterocycles. The number of nitrogens with one attached hydrogen (secondary N) is 2. The number of hydrogen-bond donors (Lipinski definition) is 2. The van der Waals surface area contributed by atoms with Gasteiger partial charge in [-0.1, -0.05) is 43.3 Å². The molecule has 0 aliphatic carbocycles. The lowest BCUT2D eigenvalue weighted by atomic mass is 10.0. The first-order valence-electron chi connectivity index (χ1n) is 9.36. The Hall–Kier alpha value is -3.74. The van der Waals surface area contributed by atoms with E-state index in [1.54, 1.807) is 24.4 Å². The van der Waals surface area contributed by atoms with Gasteiger partial charge >= 0.3 is 0 Å². The van der Waals surface area contributed by atoms with Crippen LogP contribution in [0.2, 0.25) is 0 Å². The Bertz CT molecular complexity index is 978. The van der Waals surface area contributed by atoms with Crippen LogP contribution in [0.1, 0.15) is 41.0 Å². The molecule has 0 bridgehead atoms. The van der Waals surface area contributed by atoms with Gasteiger partial charge in [0.05, 0.1) is 23.2 Å². The Balaban J connectivity index is 1.76. The van der Waals surface area contributed by atoms with Gasteiger partial charge in [-0.2, -0.15) is 0 Å². The Labute approximate surface area is 169 Å². The number of aromatic nitrogens is 1. The summed E-state index contributed by atoms with van der Waals surface area (Å²) in [6.07, 6.45) is 2.37. The molecular formula is C22H22N4O3. The van der Waals surface area contributed by atoms with E-state index < -0.39 is 4.92 Å². The van der Waals surface area contributed by atoms with Gasteiger partial charge in [-0.25, -0.2) is 0 Å². The van der Waals surface area contributed by atoms with Gasteiger partial charge < -0.3 is 10.6 Å². The van der Waals surface area contributed by atoms with Crippen molar-refractivity contribution in [1.82, 2.24) is 10.3 Å². The largest absolute Gasteiger partial charge is 0.374 e. The van der Waals surface area contributed by atoms with Crippen molar-refractivity contribution in [1.29, 1.82) is 0 Å². The molecule has 29 heavy (non-hydrogen) atoms. The summed E-state index contributed by atoms with van der Waals surface area (Å²) in [4.78, 5) is 27.9. The molecule has 0 saturated carbocycles. The van der Waals surface area contributed by atoms with E-state index in [-0.39, 0.29) is 23.2 Å². The third kappa shape index (κ3) is 5.16. The predicted molar refractivity (Wildman–Crippen MR) is 112 cm³/mol. The molecule has 2 N–H and O–H groups in total. The molecule has 2 aromatic carbocycles. The van der Waals surface area contributed by atoms with Gasteiger partial charge in [-0.05, 0) is 36.2 Å². The van der Waals surface area contributed by atoms with Gasteiger partial charge in [-0.3, -0.25) is 19.9 Å². The molecule has 0 aliphatic rings. The smallest absolute Gasteiger partial charge is 0.293 e. The summed E-state index contributed by atoms with van der Waals surface area (Å²) in [5.41, 5.74) is 2.19. The first-order valence-corrected chi connectivity index (χ1v) is 9.36. The molecule has 1 heterocycles. The highest BCUT2D eigenvalue weighted by Gasteiger charge is 2.19. The molecule has 0 spiro atoms. The first kappa shape index (κ1) is 20.0. The van der Waals surface area contributed by atoms with E-state index in [0.29, 0.717) is 18.7 Å². The molecule has 1 atom stereocenters. The Morgan fingerprint density at radius 3 is 2.52 bits per heavy atom. The molecule has 0 fully saturated rings. The van der Waals surface area contributed by atoms with E-state index in [4.69, 9.17) is 0 Å². The van der Waals surface area contributed by atoms with Crippen LogP contribution < -0.4 is 10.6 Å². The fraction of sp³-hybridized carbons (Fsp3) is 0.182. The number of nitrogens with zero attached hydrogens (tertiary/aromatic N) is 2. The lowest BCUT2D eigenvalue weighted by Gasteiger charge is -2.17. The molecule has 7 nitrogen and oxygen atoms in total. The van der Waals surface area contributed by atoms with E-state index >= 15 is 0 Å². The molecule has 3 aromatic rings. The van der Waals surface area contributed by atoms with Crippen LogP contribution >= 0.6 is 0 Å². The van der Waals surface area contributed by atoms with Crippen LogP contribution in [-0.2, 0) is 6.54 Å². The van der Waals surface area contributed by atoms with Crippen molar-refractivity contribution in [3.63, 3.8) is 0 Å². The summed E-state index contributed by atoms with van der Waals surface area (Å²) in [5, 5.41) is 17.5. The molecule has 0 aliphatic heterocycles. The standard InChI is InChI=1S/C22H22N4O3/c1-2-19(16-8-4-3-5-9-16)25-22(27)17-11-12-20(21(14-17)26(28)29)24-15-18-10-6-7-13-23-18/h3-14,19,24H,2,15H2,1H3,(H,25,27)/t19-/m1/s1. The molecule has 0 radical (unpaired) electrons. The average Bonchev–Trinajstić information content (AvgIpc) is 2.77. The van der Waals surface area contributed by atoms with Crippen molar-refractivity contribution in [2.75, 3.05) is 5.32 Å². The molecule has 1 amide bonds. The van der Waals surface area contributed by atoms with Crippen molar-refractivity contribution in [2.24, 2.45) is 0 Å². The van der Waals surface area contributed by atoms with Crippen molar-refractivity contribution in [3.8, 4) is 0 Å². The molecule has 3 rings (SSSR count). The van der Waals surface area contributed by atoms with Crippen LogP contribution in [0.5, 0.6) is 0 Å². The number of benzene rings is 2. The minimum atomic E-state index is -0.494. The lowest BCUT2D eigenvalue weighted by Crippen LogP contribution is -2.28. The monoisotopic (exact) mass is 390 g/mol. The predicted octanol–water partition coefficient (Wildman–Crippen LogP) is 4.48. The third-order valence-corrected chi connectivity index (χ3v) is 4.56. The van der Waals surface area contributed by atoms with Gasteiger partial charge in [-0.15, -0.1) is 0 Å². The second kappa shape index (κ2) is 9.45. The minimum Gasteiger partial charge on any atom is -0.374 e. The van der Waals surface area contributed by atoms with Crippen LogP contribution in [0.3, 0.4) is 0 Å². The Kier molecular flexibility index (Phi) is 6.52. The summed E-state index contributed by atoms with van der Waals surface area (Å²) < 4.78 is 0. The number of carbonyl (C=O) groups is 1. The average molecular weight is 390 g/mol. The number of rotatable bonds is 8. The van der Waals surface area contributed by atoms with Crippen LogP contribution in [0.4, 0.5) is 11.4 Å². The van der Waals surface area contributed by atoms with E-state index in [1.165, 1.54) is 6.07 Å².